The first kappa shape index (κ1) is 23.4. The summed E-state index contributed by atoms with van der Waals surface area (Å²) < 4.78 is 21.4. The van der Waals surface area contributed by atoms with E-state index in [4.69, 9.17) is 41.8 Å². The van der Waals surface area contributed by atoms with Crippen LogP contribution in [0.2, 0.25) is 10.0 Å². The van der Waals surface area contributed by atoms with E-state index in [0.717, 1.165) is 5.56 Å². The zero-order valence-corrected chi connectivity index (χ0v) is 19.6. The molecule has 0 N–H and O–H groups in total. The van der Waals surface area contributed by atoms with Crippen molar-refractivity contribution in [3.63, 3.8) is 0 Å². The lowest BCUT2D eigenvalue weighted by Crippen LogP contribution is -2.07. The van der Waals surface area contributed by atoms with Crippen LogP contribution in [0.25, 0.3) is 28.2 Å². The molecular formula is C26H18Cl2O6. The van der Waals surface area contributed by atoms with Gasteiger partial charge in [0, 0.05) is 22.7 Å². The van der Waals surface area contributed by atoms with Crippen molar-refractivity contribution in [3.05, 3.63) is 92.8 Å². The van der Waals surface area contributed by atoms with Crippen LogP contribution in [0, 0.1) is 0 Å². The van der Waals surface area contributed by atoms with Gasteiger partial charge in [-0.05, 0) is 48.0 Å². The zero-order chi connectivity index (χ0) is 24.2. The summed E-state index contributed by atoms with van der Waals surface area (Å²) in [5.74, 6) is 0.763. The average Bonchev–Trinajstić information content (AvgIpc) is 2.83. The molecule has 0 saturated heterocycles. The number of halogens is 2. The number of carbonyl (C=O) groups excluding carboxylic acids is 1. The van der Waals surface area contributed by atoms with Gasteiger partial charge in [-0.25, -0.2) is 4.79 Å². The first-order valence-corrected chi connectivity index (χ1v) is 10.8. The van der Waals surface area contributed by atoms with E-state index in [1.165, 1.54) is 37.6 Å². The third-order valence-electron chi connectivity index (χ3n) is 5.01. The van der Waals surface area contributed by atoms with Gasteiger partial charge >= 0.3 is 5.97 Å². The molecule has 0 aliphatic carbocycles. The number of carbonyl (C=O) groups is 1. The van der Waals surface area contributed by atoms with Crippen LogP contribution >= 0.6 is 23.2 Å². The van der Waals surface area contributed by atoms with E-state index in [0.29, 0.717) is 38.1 Å². The second-order valence-electron chi connectivity index (χ2n) is 7.13. The Bertz CT molecular complexity index is 1470. The van der Waals surface area contributed by atoms with E-state index in [1.807, 2.05) is 0 Å². The van der Waals surface area contributed by atoms with Crippen molar-refractivity contribution in [1.82, 2.24) is 0 Å². The van der Waals surface area contributed by atoms with Crippen LogP contribution in [0.1, 0.15) is 5.56 Å². The predicted octanol–water partition coefficient (Wildman–Crippen LogP) is 6.40. The lowest BCUT2D eigenvalue weighted by atomic mass is 10.1. The Labute approximate surface area is 204 Å². The molecule has 4 aromatic rings. The van der Waals surface area contributed by atoms with Gasteiger partial charge in [0.15, 0.2) is 11.5 Å². The Balaban J connectivity index is 1.54. The minimum Gasteiger partial charge on any atom is -0.493 e. The third-order valence-corrected chi connectivity index (χ3v) is 5.55. The molecule has 172 valence electrons. The van der Waals surface area contributed by atoms with Gasteiger partial charge in [0.2, 0.25) is 5.43 Å². The number of benzene rings is 3. The summed E-state index contributed by atoms with van der Waals surface area (Å²) in [5, 5.41) is 1.13. The Morgan fingerprint density at radius 3 is 2.44 bits per heavy atom. The molecule has 0 radical (unpaired) electrons. The average molecular weight is 497 g/mol. The molecule has 4 rings (SSSR count). The maximum atomic E-state index is 13.0. The molecule has 3 aromatic carbocycles. The van der Waals surface area contributed by atoms with Crippen LogP contribution in [0.4, 0.5) is 0 Å². The molecular weight excluding hydrogens is 479 g/mol. The van der Waals surface area contributed by atoms with Crippen LogP contribution in [0.3, 0.4) is 0 Å². The minimum atomic E-state index is -0.596. The fourth-order valence-corrected chi connectivity index (χ4v) is 3.85. The van der Waals surface area contributed by atoms with Gasteiger partial charge in [-0.15, -0.1) is 0 Å². The van der Waals surface area contributed by atoms with Crippen molar-refractivity contribution in [2.75, 3.05) is 14.2 Å². The molecule has 0 unspecified atom stereocenters. The fourth-order valence-electron chi connectivity index (χ4n) is 3.34. The molecule has 6 nitrogen and oxygen atoms in total. The standard InChI is InChI=1S/C26H18Cl2O6/c1-31-22-9-3-15(11-24(22)32-2)4-10-25(29)34-17-6-8-19-23(13-17)33-14-20(26(19)30)18-7-5-16(27)12-21(18)28/h3-14H,1-2H3. The highest BCUT2D eigenvalue weighted by Gasteiger charge is 2.14. The quantitative estimate of drug-likeness (QED) is 0.174. The summed E-state index contributed by atoms with van der Waals surface area (Å²) in [7, 11) is 3.08. The normalized spacial score (nSPS) is 11.1. The van der Waals surface area contributed by atoms with Gasteiger partial charge < -0.3 is 18.6 Å². The molecule has 8 heteroatoms. The Morgan fingerprint density at radius 2 is 1.71 bits per heavy atom. The van der Waals surface area contributed by atoms with E-state index in [1.54, 1.807) is 49.6 Å². The highest BCUT2D eigenvalue weighted by Crippen LogP contribution is 2.31. The Morgan fingerprint density at radius 1 is 0.912 bits per heavy atom. The van der Waals surface area contributed by atoms with Gasteiger partial charge in [-0.3, -0.25) is 4.79 Å². The number of hydrogen-bond donors (Lipinski definition) is 0. The van der Waals surface area contributed by atoms with Crippen LogP contribution < -0.4 is 19.6 Å². The lowest BCUT2D eigenvalue weighted by molar-refractivity contribution is -0.128. The van der Waals surface area contributed by atoms with Gasteiger partial charge in [0.25, 0.3) is 0 Å². The van der Waals surface area contributed by atoms with Gasteiger partial charge in [-0.2, -0.15) is 0 Å². The summed E-state index contributed by atoms with van der Waals surface area (Å²) in [4.78, 5) is 25.3. The third kappa shape index (κ3) is 4.93. The van der Waals surface area contributed by atoms with Gasteiger partial charge in [0.05, 0.1) is 30.2 Å². The van der Waals surface area contributed by atoms with E-state index in [-0.39, 0.29) is 16.8 Å². The van der Waals surface area contributed by atoms with E-state index in [2.05, 4.69) is 0 Å². The van der Waals surface area contributed by atoms with Crippen molar-refractivity contribution < 1.29 is 23.4 Å². The second-order valence-corrected chi connectivity index (χ2v) is 7.97. The van der Waals surface area contributed by atoms with Crippen LogP contribution in [0.15, 0.2) is 76.1 Å². The maximum absolute atomic E-state index is 13.0. The zero-order valence-electron chi connectivity index (χ0n) is 18.1. The van der Waals surface area contributed by atoms with Crippen LogP contribution in [-0.4, -0.2) is 20.2 Å². The summed E-state index contributed by atoms with van der Waals surface area (Å²) in [6.45, 7) is 0. The second kappa shape index (κ2) is 10.0. The van der Waals surface area contributed by atoms with Crippen molar-refractivity contribution in [2.45, 2.75) is 0 Å². The van der Waals surface area contributed by atoms with Crippen molar-refractivity contribution in [3.8, 4) is 28.4 Å². The molecule has 0 fully saturated rings. The van der Waals surface area contributed by atoms with E-state index in [9.17, 15) is 9.59 Å². The molecule has 34 heavy (non-hydrogen) atoms. The molecule has 1 aromatic heterocycles. The van der Waals surface area contributed by atoms with Crippen LogP contribution in [0.5, 0.6) is 17.2 Å². The number of methoxy groups -OCH3 is 2. The van der Waals surface area contributed by atoms with E-state index >= 15 is 0 Å². The highest BCUT2D eigenvalue weighted by molar-refractivity contribution is 6.36. The number of hydrogen-bond acceptors (Lipinski definition) is 6. The van der Waals surface area contributed by atoms with Gasteiger partial charge in [0.1, 0.15) is 17.6 Å². The first-order valence-electron chi connectivity index (χ1n) is 10.0. The summed E-state index contributed by atoms with van der Waals surface area (Å²) in [5.41, 5.74) is 1.55. The molecule has 0 amide bonds. The largest absolute Gasteiger partial charge is 0.493 e. The topological polar surface area (TPSA) is 75.0 Å². The molecule has 0 atom stereocenters. The number of esters is 1. The highest BCUT2D eigenvalue weighted by atomic mass is 35.5. The fraction of sp³-hybridized carbons (Fsp3) is 0.0769. The SMILES string of the molecule is COc1ccc(C=CC(=O)Oc2ccc3c(=O)c(-c4ccc(Cl)cc4Cl)coc3c2)cc1OC. The molecule has 0 saturated carbocycles. The molecule has 0 aliphatic heterocycles. The first-order chi connectivity index (χ1) is 16.4. The summed E-state index contributed by atoms with van der Waals surface area (Å²) >= 11 is 12.2. The summed E-state index contributed by atoms with van der Waals surface area (Å²) in [6.07, 6.45) is 4.20. The van der Waals surface area contributed by atoms with Crippen molar-refractivity contribution in [1.29, 1.82) is 0 Å². The molecule has 0 spiro atoms. The van der Waals surface area contributed by atoms with Crippen molar-refractivity contribution in [2.24, 2.45) is 0 Å². The van der Waals surface area contributed by atoms with E-state index < -0.39 is 5.97 Å². The molecule has 0 bridgehead atoms. The number of rotatable bonds is 6. The number of ether oxygens (including phenoxy) is 3. The number of fused-ring (bicyclic) bond motifs is 1. The van der Waals surface area contributed by atoms with Crippen LogP contribution in [-0.2, 0) is 4.79 Å². The lowest BCUT2D eigenvalue weighted by Gasteiger charge is -2.08. The molecule has 0 aliphatic rings. The summed E-state index contributed by atoms with van der Waals surface area (Å²) in [6, 6.07) is 14.6. The maximum Gasteiger partial charge on any atom is 0.336 e. The minimum absolute atomic E-state index is 0.231. The smallest absolute Gasteiger partial charge is 0.336 e. The Kier molecular flexibility index (Phi) is 6.91. The Hall–Kier alpha value is -3.74. The molecule has 1 heterocycles. The van der Waals surface area contributed by atoms with Gasteiger partial charge in [-0.1, -0.05) is 35.3 Å². The van der Waals surface area contributed by atoms with Crippen molar-refractivity contribution >= 4 is 46.2 Å². The monoisotopic (exact) mass is 496 g/mol. The predicted molar refractivity (Wildman–Crippen MR) is 132 cm³/mol.